The van der Waals surface area contributed by atoms with Crippen LogP contribution in [0, 0.1) is 5.92 Å². The molecule has 2 saturated heterocycles. The van der Waals surface area contributed by atoms with Gasteiger partial charge in [-0.05, 0) is 43.4 Å². The van der Waals surface area contributed by atoms with Crippen molar-refractivity contribution in [1.29, 1.82) is 0 Å². The second-order valence-corrected chi connectivity index (χ2v) is 7.38. The second-order valence-electron chi connectivity index (χ2n) is 7.38. The number of anilines is 1. The highest BCUT2D eigenvalue weighted by Crippen LogP contribution is 2.36. The summed E-state index contributed by atoms with van der Waals surface area (Å²) < 4.78 is 38.7. The standard InChI is InChI=1S/C18H23F3N4O/c19-18(20,21)13-2-1-3-14(10-13)24-6-8-25(9-7-24)17(26)16-11-15(22-23-16)12-4-5-12/h1-3,10,12,15-16,22-23H,4-9,11H2. The molecule has 0 spiro atoms. The molecule has 2 atom stereocenters. The van der Waals surface area contributed by atoms with Gasteiger partial charge in [-0.1, -0.05) is 6.07 Å². The number of benzene rings is 1. The van der Waals surface area contributed by atoms with Gasteiger partial charge >= 0.3 is 6.18 Å². The van der Waals surface area contributed by atoms with Gasteiger partial charge in [-0.2, -0.15) is 13.2 Å². The van der Waals surface area contributed by atoms with E-state index in [-0.39, 0.29) is 11.9 Å². The molecule has 3 aliphatic rings. The molecule has 1 aliphatic carbocycles. The van der Waals surface area contributed by atoms with Gasteiger partial charge in [0.05, 0.1) is 5.56 Å². The SMILES string of the molecule is O=C(C1CC(C2CC2)NN1)N1CCN(c2cccc(C(F)(F)F)c2)CC1. The predicted molar refractivity (Wildman–Crippen MR) is 91.4 cm³/mol. The maximum absolute atomic E-state index is 12.9. The van der Waals surface area contributed by atoms with Gasteiger partial charge in [0.25, 0.3) is 0 Å². The zero-order chi connectivity index (χ0) is 18.3. The van der Waals surface area contributed by atoms with E-state index in [1.807, 2.05) is 9.80 Å². The zero-order valence-electron chi connectivity index (χ0n) is 14.4. The van der Waals surface area contributed by atoms with Crippen LogP contribution in [0.25, 0.3) is 0 Å². The maximum Gasteiger partial charge on any atom is 0.416 e. The van der Waals surface area contributed by atoms with Crippen LogP contribution in [-0.2, 0) is 11.0 Å². The lowest BCUT2D eigenvalue weighted by molar-refractivity contribution is -0.137. The Bertz CT molecular complexity index is 669. The highest BCUT2D eigenvalue weighted by atomic mass is 19.4. The summed E-state index contributed by atoms with van der Waals surface area (Å²) >= 11 is 0. The Kier molecular flexibility index (Phi) is 4.56. The number of amides is 1. The Labute approximate surface area is 150 Å². The Hall–Kier alpha value is -1.80. The van der Waals surface area contributed by atoms with Gasteiger partial charge in [0.2, 0.25) is 5.91 Å². The van der Waals surface area contributed by atoms with E-state index < -0.39 is 11.7 Å². The molecule has 1 aromatic rings. The number of rotatable bonds is 3. The third-order valence-electron chi connectivity index (χ3n) is 5.55. The predicted octanol–water partition coefficient (Wildman–Crippen LogP) is 2.00. The van der Waals surface area contributed by atoms with Crippen LogP contribution in [0.3, 0.4) is 0 Å². The van der Waals surface area contributed by atoms with E-state index in [4.69, 9.17) is 0 Å². The minimum Gasteiger partial charge on any atom is -0.368 e. The van der Waals surface area contributed by atoms with E-state index in [9.17, 15) is 18.0 Å². The molecule has 26 heavy (non-hydrogen) atoms. The van der Waals surface area contributed by atoms with Crippen LogP contribution in [0.15, 0.2) is 24.3 Å². The van der Waals surface area contributed by atoms with Crippen molar-refractivity contribution in [2.24, 2.45) is 5.92 Å². The highest BCUT2D eigenvalue weighted by molar-refractivity contribution is 5.82. The van der Waals surface area contributed by atoms with Crippen molar-refractivity contribution in [3.63, 3.8) is 0 Å². The second kappa shape index (κ2) is 6.74. The number of piperazine rings is 1. The Morgan fingerprint density at radius 2 is 1.81 bits per heavy atom. The number of hydrazine groups is 1. The third kappa shape index (κ3) is 3.66. The lowest BCUT2D eigenvalue weighted by atomic mass is 10.1. The molecule has 5 nitrogen and oxygen atoms in total. The van der Waals surface area contributed by atoms with E-state index in [1.54, 1.807) is 6.07 Å². The van der Waals surface area contributed by atoms with E-state index in [1.165, 1.54) is 25.0 Å². The van der Waals surface area contributed by atoms with Gasteiger partial charge in [0.1, 0.15) is 6.04 Å². The average molecular weight is 368 g/mol. The maximum atomic E-state index is 12.9. The largest absolute Gasteiger partial charge is 0.416 e. The van der Waals surface area contributed by atoms with E-state index in [0.29, 0.717) is 43.8 Å². The molecule has 142 valence electrons. The first-order valence-electron chi connectivity index (χ1n) is 9.14. The fourth-order valence-corrected chi connectivity index (χ4v) is 3.84. The number of hydrogen-bond acceptors (Lipinski definition) is 4. The minimum atomic E-state index is -4.34. The third-order valence-corrected chi connectivity index (χ3v) is 5.55. The van der Waals surface area contributed by atoms with Crippen molar-refractivity contribution in [2.45, 2.75) is 37.5 Å². The first kappa shape index (κ1) is 17.6. The fraction of sp³-hybridized carbons (Fsp3) is 0.611. The van der Waals surface area contributed by atoms with Gasteiger partial charge in [0, 0.05) is 37.9 Å². The quantitative estimate of drug-likeness (QED) is 0.857. The van der Waals surface area contributed by atoms with Crippen LogP contribution in [-0.4, -0.2) is 49.1 Å². The first-order chi connectivity index (χ1) is 12.4. The molecule has 0 aromatic heterocycles. The van der Waals surface area contributed by atoms with Gasteiger partial charge in [0.15, 0.2) is 0 Å². The summed E-state index contributed by atoms with van der Waals surface area (Å²) in [5, 5.41) is 0. The first-order valence-corrected chi connectivity index (χ1v) is 9.14. The average Bonchev–Trinajstić information content (AvgIpc) is 3.38. The van der Waals surface area contributed by atoms with Crippen molar-refractivity contribution >= 4 is 11.6 Å². The van der Waals surface area contributed by atoms with Crippen LogP contribution < -0.4 is 15.8 Å². The Morgan fingerprint density at radius 1 is 1.08 bits per heavy atom. The van der Waals surface area contributed by atoms with Crippen LogP contribution >= 0.6 is 0 Å². The molecule has 0 bridgehead atoms. The summed E-state index contributed by atoms with van der Waals surface area (Å²) in [6.45, 7) is 2.14. The molecule has 1 aromatic carbocycles. The number of alkyl halides is 3. The highest BCUT2D eigenvalue weighted by Gasteiger charge is 2.40. The molecule has 4 rings (SSSR count). The van der Waals surface area contributed by atoms with Crippen molar-refractivity contribution < 1.29 is 18.0 Å². The van der Waals surface area contributed by atoms with Crippen LogP contribution in [0.5, 0.6) is 0 Å². The summed E-state index contributed by atoms with van der Waals surface area (Å²) in [5.74, 6) is 0.780. The van der Waals surface area contributed by atoms with Crippen molar-refractivity contribution in [2.75, 3.05) is 31.1 Å². The fourth-order valence-electron chi connectivity index (χ4n) is 3.84. The number of nitrogens with zero attached hydrogens (tertiary/aromatic N) is 2. The Balaban J connectivity index is 1.33. The number of halogens is 3. The van der Waals surface area contributed by atoms with Gasteiger partial charge < -0.3 is 9.80 Å². The molecule has 0 radical (unpaired) electrons. The molecule has 2 heterocycles. The topological polar surface area (TPSA) is 47.6 Å². The lowest BCUT2D eigenvalue weighted by Gasteiger charge is -2.37. The number of carbonyl (C=O) groups is 1. The lowest BCUT2D eigenvalue weighted by Crippen LogP contribution is -2.53. The normalized spacial score (nSPS) is 27.0. The van der Waals surface area contributed by atoms with Crippen molar-refractivity contribution in [3.8, 4) is 0 Å². The summed E-state index contributed by atoms with van der Waals surface area (Å²) in [6.07, 6.45) is -1.06. The molecule has 1 saturated carbocycles. The molecule has 2 unspecified atom stereocenters. The molecular weight excluding hydrogens is 345 g/mol. The van der Waals surface area contributed by atoms with E-state index in [0.717, 1.165) is 12.5 Å². The number of nitrogens with one attached hydrogen (secondary N) is 2. The molecule has 2 N–H and O–H groups in total. The van der Waals surface area contributed by atoms with Crippen molar-refractivity contribution in [3.05, 3.63) is 29.8 Å². The van der Waals surface area contributed by atoms with Crippen LogP contribution in [0.1, 0.15) is 24.8 Å². The molecule has 1 amide bonds. The Morgan fingerprint density at radius 3 is 2.46 bits per heavy atom. The van der Waals surface area contributed by atoms with Gasteiger partial charge in [-0.25, -0.2) is 5.43 Å². The minimum absolute atomic E-state index is 0.0874. The number of carbonyl (C=O) groups excluding carboxylic acids is 1. The smallest absolute Gasteiger partial charge is 0.368 e. The van der Waals surface area contributed by atoms with Crippen molar-refractivity contribution in [1.82, 2.24) is 15.8 Å². The van der Waals surface area contributed by atoms with E-state index in [2.05, 4.69) is 10.9 Å². The summed E-state index contributed by atoms with van der Waals surface area (Å²) in [6, 6.07) is 5.58. The van der Waals surface area contributed by atoms with E-state index >= 15 is 0 Å². The summed E-state index contributed by atoms with van der Waals surface area (Å²) in [4.78, 5) is 16.4. The molecule has 3 fully saturated rings. The summed E-state index contributed by atoms with van der Waals surface area (Å²) in [5.41, 5.74) is 6.26. The number of hydrogen-bond donors (Lipinski definition) is 2. The monoisotopic (exact) mass is 368 g/mol. The molecule has 2 aliphatic heterocycles. The molecule has 8 heteroatoms. The summed E-state index contributed by atoms with van der Waals surface area (Å²) in [7, 11) is 0. The van der Waals surface area contributed by atoms with Crippen LogP contribution in [0.4, 0.5) is 18.9 Å². The van der Waals surface area contributed by atoms with Gasteiger partial charge in [-0.3, -0.25) is 10.2 Å². The van der Waals surface area contributed by atoms with Crippen LogP contribution in [0.2, 0.25) is 0 Å². The molecular formula is C18H23F3N4O. The zero-order valence-corrected chi connectivity index (χ0v) is 14.4. The van der Waals surface area contributed by atoms with Gasteiger partial charge in [-0.15, -0.1) is 0 Å².